The number of rotatable bonds is 4. The van der Waals surface area contributed by atoms with Gasteiger partial charge in [0.15, 0.2) is 0 Å². The Morgan fingerprint density at radius 3 is 2.19 bits per heavy atom. The number of hydrogen-bond acceptors (Lipinski definition) is 5. The summed E-state index contributed by atoms with van der Waals surface area (Å²) in [5.74, 6) is -0.981. The Bertz CT molecular complexity index is 261. The molecule has 0 fully saturated rings. The molecule has 0 saturated heterocycles. The Labute approximate surface area is 95.7 Å². The van der Waals surface area contributed by atoms with Crippen molar-refractivity contribution in [1.82, 2.24) is 5.32 Å². The number of amides is 1. The van der Waals surface area contributed by atoms with Crippen molar-refractivity contribution in [2.24, 2.45) is 16.9 Å². The molecule has 0 heterocycles. The molecule has 16 heavy (non-hydrogen) atoms. The van der Waals surface area contributed by atoms with Gasteiger partial charge in [-0.3, -0.25) is 4.79 Å². The van der Waals surface area contributed by atoms with Crippen molar-refractivity contribution in [2.45, 2.75) is 32.9 Å². The molecule has 0 aromatic heterocycles. The van der Waals surface area contributed by atoms with Gasteiger partial charge in [0.05, 0.1) is 13.2 Å². The van der Waals surface area contributed by atoms with E-state index in [1.54, 1.807) is 0 Å². The molecule has 6 nitrogen and oxygen atoms in total. The molecule has 0 aliphatic carbocycles. The van der Waals surface area contributed by atoms with Gasteiger partial charge in [-0.05, 0) is 5.41 Å². The molecule has 0 bridgehead atoms. The summed E-state index contributed by atoms with van der Waals surface area (Å²) < 4.78 is 4.50. The lowest BCUT2D eigenvalue weighted by atomic mass is 9.87. The monoisotopic (exact) mass is 231 g/mol. The first kappa shape index (κ1) is 14.9. The SMILES string of the molecule is COC(=O)[C@H](CN)NC(=O)[C@@H](N)C(C)(C)C. The third-order valence-electron chi connectivity index (χ3n) is 2.25. The molecular weight excluding hydrogens is 210 g/mol. The first-order chi connectivity index (χ1) is 7.23. The zero-order chi connectivity index (χ0) is 12.9. The molecule has 0 aromatic carbocycles. The number of nitrogens with two attached hydrogens (primary N) is 2. The Balaban J connectivity index is 4.48. The summed E-state index contributed by atoms with van der Waals surface area (Å²) in [5.41, 5.74) is 10.7. The van der Waals surface area contributed by atoms with Gasteiger partial charge in [0.2, 0.25) is 5.91 Å². The predicted octanol–water partition coefficient (Wildman–Crippen LogP) is -1.02. The molecular formula is C10H21N3O3. The Morgan fingerprint density at radius 1 is 1.38 bits per heavy atom. The maximum Gasteiger partial charge on any atom is 0.329 e. The second-order valence-corrected chi connectivity index (χ2v) is 4.66. The van der Waals surface area contributed by atoms with Crippen LogP contribution in [0.5, 0.6) is 0 Å². The van der Waals surface area contributed by atoms with Crippen molar-refractivity contribution >= 4 is 11.9 Å². The molecule has 0 radical (unpaired) electrons. The van der Waals surface area contributed by atoms with Crippen LogP contribution in [-0.4, -0.2) is 37.6 Å². The van der Waals surface area contributed by atoms with Gasteiger partial charge in [-0.2, -0.15) is 0 Å². The van der Waals surface area contributed by atoms with E-state index < -0.39 is 24.0 Å². The van der Waals surface area contributed by atoms with E-state index in [2.05, 4.69) is 10.1 Å². The van der Waals surface area contributed by atoms with Gasteiger partial charge in [-0.15, -0.1) is 0 Å². The summed E-state index contributed by atoms with van der Waals surface area (Å²) in [7, 11) is 1.24. The molecule has 0 aliphatic rings. The van der Waals surface area contributed by atoms with E-state index in [9.17, 15) is 9.59 Å². The summed E-state index contributed by atoms with van der Waals surface area (Å²) in [6.07, 6.45) is 0. The smallest absolute Gasteiger partial charge is 0.329 e. The molecule has 0 rings (SSSR count). The average Bonchev–Trinajstić information content (AvgIpc) is 2.21. The number of esters is 1. The summed E-state index contributed by atoms with van der Waals surface area (Å²) in [6.45, 7) is 5.50. The van der Waals surface area contributed by atoms with E-state index >= 15 is 0 Å². The highest BCUT2D eigenvalue weighted by Gasteiger charge is 2.30. The molecule has 0 unspecified atom stereocenters. The number of carbonyl (C=O) groups is 2. The quantitative estimate of drug-likeness (QED) is 0.537. The lowest BCUT2D eigenvalue weighted by Gasteiger charge is -2.27. The van der Waals surface area contributed by atoms with Gasteiger partial charge in [0.25, 0.3) is 0 Å². The van der Waals surface area contributed by atoms with E-state index in [0.29, 0.717) is 0 Å². The highest BCUT2D eigenvalue weighted by Crippen LogP contribution is 2.17. The van der Waals surface area contributed by atoms with Gasteiger partial charge in [0.1, 0.15) is 6.04 Å². The topological polar surface area (TPSA) is 107 Å². The molecule has 2 atom stereocenters. The van der Waals surface area contributed by atoms with Crippen LogP contribution in [-0.2, 0) is 14.3 Å². The molecule has 0 aromatic rings. The average molecular weight is 231 g/mol. The van der Waals surface area contributed by atoms with E-state index in [1.807, 2.05) is 20.8 Å². The van der Waals surface area contributed by atoms with E-state index in [1.165, 1.54) is 7.11 Å². The first-order valence-electron chi connectivity index (χ1n) is 5.08. The standard InChI is InChI=1S/C10H21N3O3/c1-10(2,3)7(12)8(14)13-6(5-11)9(15)16-4/h6-7H,5,11-12H2,1-4H3,(H,13,14)/t6-,7+/m0/s1. The number of carbonyl (C=O) groups excluding carboxylic acids is 2. The molecule has 0 saturated carbocycles. The number of hydrogen-bond donors (Lipinski definition) is 3. The molecule has 0 aliphatic heterocycles. The van der Waals surface area contributed by atoms with Crippen molar-refractivity contribution in [1.29, 1.82) is 0 Å². The van der Waals surface area contributed by atoms with Crippen LogP contribution in [0, 0.1) is 5.41 Å². The highest BCUT2D eigenvalue weighted by molar-refractivity contribution is 5.87. The van der Waals surface area contributed by atoms with Crippen LogP contribution in [0.15, 0.2) is 0 Å². The van der Waals surface area contributed by atoms with Crippen LogP contribution in [0.3, 0.4) is 0 Å². The zero-order valence-corrected chi connectivity index (χ0v) is 10.2. The van der Waals surface area contributed by atoms with E-state index in [-0.39, 0.29) is 12.0 Å². The van der Waals surface area contributed by atoms with Crippen molar-refractivity contribution in [3.05, 3.63) is 0 Å². The van der Waals surface area contributed by atoms with Crippen LogP contribution in [0.2, 0.25) is 0 Å². The van der Waals surface area contributed by atoms with Crippen molar-refractivity contribution < 1.29 is 14.3 Å². The Kier molecular flexibility index (Phi) is 5.40. The van der Waals surface area contributed by atoms with Crippen LogP contribution in [0.1, 0.15) is 20.8 Å². The fourth-order valence-corrected chi connectivity index (χ4v) is 1.01. The fraction of sp³-hybridized carbons (Fsp3) is 0.800. The lowest BCUT2D eigenvalue weighted by molar-refractivity contribution is -0.145. The number of methoxy groups -OCH3 is 1. The summed E-state index contributed by atoms with van der Waals surface area (Å²) in [5, 5.41) is 2.46. The van der Waals surface area contributed by atoms with Gasteiger partial charge in [-0.25, -0.2) is 4.79 Å². The highest BCUT2D eigenvalue weighted by atomic mass is 16.5. The minimum Gasteiger partial charge on any atom is -0.467 e. The van der Waals surface area contributed by atoms with Crippen molar-refractivity contribution in [2.75, 3.05) is 13.7 Å². The predicted molar refractivity (Wildman–Crippen MR) is 60.4 cm³/mol. The summed E-state index contributed by atoms with van der Waals surface area (Å²) in [6, 6.07) is -1.54. The first-order valence-corrected chi connectivity index (χ1v) is 5.08. The summed E-state index contributed by atoms with van der Waals surface area (Å²) in [4.78, 5) is 22.9. The maximum absolute atomic E-state index is 11.7. The van der Waals surface area contributed by atoms with Gasteiger partial charge in [0, 0.05) is 6.54 Å². The van der Waals surface area contributed by atoms with Gasteiger partial charge < -0.3 is 21.5 Å². The molecule has 6 heteroatoms. The second kappa shape index (κ2) is 5.81. The maximum atomic E-state index is 11.7. The molecule has 1 amide bonds. The molecule has 94 valence electrons. The fourth-order valence-electron chi connectivity index (χ4n) is 1.01. The normalized spacial score (nSPS) is 15.1. The van der Waals surface area contributed by atoms with Crippen LogP contribution < -0.4 is 16.8 Å². The van der Waals surface area contributed by atoms with Gasteiger partial charge >= 0.3 is 5.97 Å². The minimum atomic E-state index is -0.842. The lowest BCUT2D eigenvalue weighted by Crippen LogP contribution is -2.55. The van der Waals surface area contributed by atoms with Gasteiger partial charge in [-0.1, -0.05) is 20.8 Å². The van der Waals surface area contributed by atoms with Crippen molar-refractivity contribution in [3.63, 3.8) is 0 Å². The number of nitrogens with one attached hydrogen (secondary N) is 1. The third kappa shape index (κ3) is 4.16. The zero-order valence-electron chi connectivity index (χ0n) is 10.2. The van der Waals surface area contributed by atoms with E-state index in [4.69, 9.17) is 11.5 Å². The van der Waals surface area contributed by atoms with E-state index in [0.717, 1.165) is 0 Å². The molecule has 5 N–H and O–H groups in total. The van der Waals surface area contributed by atoms with Crippen LogP contribution in [0.4, 0.5) is 0 Å². The van der Waals surface area contributed by atoms with Crippen LogP contribution in [0.25, 0.3) is 0 Å². The van der Waals surface area contributed by atoms with Crippen molar-refractivity contribution in [3.8, 4) is 0 Å². The summed E-state index contributed by atoms with van der Waals surface area (Å²) >= 11 is 0. The minimum absolute atomic E-state index is 0.0186. The Morgan fingerprint density at radius 2 is 1.88 bits per heavy atom. The largest absolute Gasteiger partial charge is 0.467 e. The van der Waals surface area contributed by atoms with Crippen LogP contribution >= 0.6 is 0 Å². The molecule has 0 spiro atoms. The number of ether oxygens (including phenoxy) is 1. The Hall–Kier alpha value is -1.14. The second-order valence-electron chi connectivity index (χ2n) is 4.66. The third-order valence-corrected chi connectivity index (χ3v) is 2.25.